The summed E-state index contributed by atoms with van der Waals surface area (Å²) in [5.41, 5.74) is 3.78. The lowest BCUT2D eigenvalue weighted by Gasteiger charge is -2.32. The number of ether oxygens (including phenoxy) is 1. The van der Waals surface area contributed by atoms with Crippen LogP contribution in [0, 0.1) is 6.92 Å². The van der Waals surface area contributed by atoms with Gasteiger partial charge in [0.15, 0.2) is 0 Å². The lowest BCUT2D eigenvalue weighted by atomic mass is 9.86. The molecule has 0 spiro atoms. The average Bonchev–Trinajstić information content (AvgIpc) is 2.87. The van der Waals surface area contributed by atoms with Gasteiger partial charge in [-0.3, -0.25) is 9.69 Å². The second-order valence-corrected chi connectivity index (χ2v) is 9.74. The maximum Gasteiger partial charge on any atom is 0.330 e. The molecule has 3 aromatic rings. The summed E-state index contributed by atoms with van der Waals surface area (Å²) >= 11 is 0. The number of amides is 1. The van der Waals surface area contributed by atoms with Crippen molar-refractivity contribution in [1.82, 2.24) is 10.2 Å². The predicted molar refractivity (Wildman–Crippen MR) is 145 cm³/mol. The molecular weight excluding hydrogens is 448 g/mol. The van der Waals surface area contributed by atoms with E-state index in [1.807, 2.05) is 43.3 Å². The quantitative estimate of drug-likeness (QED) is 0.268. The highest BCUT2D eigenvalue weighted by Gasteiger charge is 2.23. The Morgan fingerprint density at radius 3 is 2.08 bits per heavy atom. The van der Waals surface area contributed by atoms with E-state index in [1.165, 1.54) is 5.56 Å². The van der Waals surface area contributed by atoms with E-state index >= 15 is 0 Å². The SMILES string of the molecule is Cc1ccc(OC(=O)CNC(=O)c2ccccc2)c([C@H](CCN(C(C)C)C(C)C)c2ccccc2)c1. The van der Waals surface area contributed by atoms with Crippen LogP contribution in [0.3, 0.4) is 0 Å². The number of carbonyl (C=O) groups is 2. The third-order valence-electron chi connectivity index (χ3n) is 6.40. The molecule has 190 valence electrons. The lowest BCUT2D eigenvalue weighted by molar-refractivity contribution is -0.133. The summed E-state index contributed by atoms with van der Waals surface area (Å²) in [6, 6.07) is 26.0. The first-order valence-corrected chi connectivity index (χ1v) is 12.7. The number of hydrogen-bond acceptors (Lipinski definition) is 4. The zero-order valence-electron chi connectivity index (χ0n) is 22.0. The molecule has 5 nitrogen and oxygen atoms in total. The van der Waals surface area contributed by atoms with E-state index in [1.54, 1.807) is 24.3 Å². The van der Waals surface area contributed by atoms with Crippen LogP contribution < -0.4 is 10.1 Å². The van der Waals surface area contributed by atoms with Crippen LogP contribution in [0.1, 0.15) is 67.1 Å². The van der Waals surface area contributed by atoms with Crippen molar-refractivity contribution in [3.05, 3.63) is 101 Å². The van der Waals surface area contributed by atoms with Crippen molar-refractivity contribution in [2.75, 3.05) is 13.1 Å². The van der Waals surface area contributed by atoms with Gasteiger partial charge >= 0.3 is 5.97 Å². The zero-order chi connectivity index (χ0) is 26.1. The van der Waals surface area contributed by atoms with Gasteiger partial charge in [-0.15, -0.1) is 0 Å². The highest BCUT2D eigenvalue weighted by atomic mass is 16.5. The van der Waals surface area contributed by atoms with Crippen LogP contribution in [-0.2, 0) is 4.79 Å². The molecule has 1 N–H and O–H groups in total. The summed E-state index contributed by atoms with van der Waals surface area (Å²) in [5, 5.41) is 2.66. The van der Waals surface area contributed by atoms with Gasteiger partial charge in [-0.25, -0.2) is 4.79 Å². The maximum atomic E-state index is 12.7. The molecule has 0 aliphatic heterocycles. The van der Waals surface area contributed by atoms with Gasteiger partial charge in [0, 0.05) is 29.1 Å². The first-order valence-electron chi connectivity index (χ1n) is 12.7. The van der Waals surface area contributed by atoms with E-state index in [0.717, 1.165) is 24.1 Å². The number of hydrogen-bond donors (Lipinski definition) is 1. The Balaban J connectivity index is 1.82. The van der Waals surface area contributed by atoms with E-state index in [4.69, 9.17) is 4.74 Å². The largest absolute Gasteiger partial charge is 0.425 e. The molecule has 0 saturated carbocycles. The van der Waals surface area contributed by atoms with Gasteiger partial charge in [-0.2, -0.15) is 0 Å². The van der Waals surface area contributed by atoms with Gasteiger partial charge in [-0.05, 0) is 71.3 Å². The Bertz CT molecular complexity index is 1120. The van der Waals surface area contributed by atoms with Gasteiger partial charge < -0.3 is 10.1 Å². The van der Waals surface area contributed by atoms with Crippen LogP contribution >= 0.6 is 0 Å². The minimum Gasteiger partial charge on any atom is -0.425 e. The number of rotatable bonds is 11. The first-order chi connectivity index (χ1) is 17.3. The summed E-state index contributed by atoms with van der Waals surface area (Å²) in [7, 11) is 0. The number of benzene rings is 3. The van der Waals surface area contributed by atoms with E-state index < -0.39 is 5.97 Å². The van der Waals surface area contributed by atoms with Crippen molar-refractivity contribution < 1.29 is 14.3 Å². The normalized spacial score (nSPS) is 12.1. The summed E-state index contributed by atoms with van der Waals surface area (Å²) in [4.78, 5) is 27.6. The molecule has 0 unspecified atom stereocenters. The minimum absolute atomic E-state index is 0.0628. The standard InChI is InChI=1S/C31H38N2O3/c1-22(2)33(23(3)4)19-18-27(25-12-8-6-9-13-25)28-20-24(5)16-17-29(28)36-30(34)21-32-31(35)26-14-10-7-11-15-26/h6-17,20,22-23,27H,18-19,21H2,1-5H3,(H,32,35)/t27-/m1/s1. The molecule has 3 aromatic carbocycles. The molecule has 0 radical (unpaired) electrons. The summed E-state index contributed by atoms with van der Waals surface area (Å²) < 4.78 is 5.82. The summed E-state index contributed by atoms with van der Waals surface area (Å²) in [6.45, 7) is 11.7. The van der Waals surface area contributed by atoms with Gasteiger partial charge in [0.1, 0.15) is 12.3 Å². The molecule has 5 heteroatoms. The number of nitrogens with one attached hydrogen (secondary N) is 1. The molecule has 0 aliphatic carbocycles. The van der Waals surface area contributed by atoms with Gasteiger partial charge in [-0.1, -0.05) is 66.2 Å². The Kier molecular flexibility index (Phi) is 9.83. The summed E-state index contributed by atoms with van der Waals surface area (Å²) in [6.07, 6.45) is 0.888. The molecule has 0 saturated heterocycles. The molecule has 0 fully saturated rings. The van der Waals surface area contributed by atoms with Crippen LogP contribution in [0.25, 0.3) is 0 Å². The van der Waals surface area contributed by atoms with E-state index in [-0.39, 0.29) is 18.4 Å². The third kappa shape index (κ3) is 7.53. The first kappa shape index (κ1) is 27.2. The highest BCUT2D eigenvalue weighted by Crippen LogP contribution is 2.36. The van der Waals surface area contributed by atoms with E-state index in [0.29, 0.717) is 23.4 Å². The second-order valence-electron chi connectivity index (χ2n) is 9.74. The Morgan fingerprint density at radius 2 is 1.47 bits per heavy atom. The Hall–Kier alpha value is -3.44. The number of aryl methyl sites for hydroxylation is 1. The topological polar surface area (TPSA) is 58.6 Å². The van der Waals surface area contributed by atoms with Crippen LogP contribution in [-0.4, -0.2) is 41.9 Å². The van der Waals surface area contributed by atoms with Crippen molar-refractivity contribution in [3.63, 3.8) is 0 Å². The number of carbonyl (C=O) groups excluding carboxylic acids is 2. The maximum absolute atomic E-state index is 12.7. The molecular formula is C31H38N2O3. The van der Waals surface area contributed by atoms with Crippen molar-refractivity contribution in [3.8, 4) is 5.75 Å². The Labute approximate surface area is 215 Å². The lowest BCUT2D eigenvalue weighted by Crippen LogP contribution is -2.38. The van der Waals surface area contributed by atoms with Crippen molar-refractivity contribution in [1.29, 1.82) is 0 Å². The van der Waals surface area contributed by atoms with E-state index in [2.05, 4.69) is 56.1 Å². The fraction of sp³-hybridized carbons (Fsp3) is 0.355. The zero-order valence-corrected chi connectivity index (χ0v) is 22.0. The fourth-order valence-corrected chi connectivity index (χ4v) is 4.61. The predicted octanol–water partition coefficient (Wildman–Crippen LogP) is 5.97. The monoisotopic (exact) mass is 486 g/mol. The minimum atomic E-state index is -0.498. The van der Waals surface area contributed by atoms with Crippen molar-refractivity contribution in [2.45, 2.75) is 59.0 Å². The van der Waals surface area contributed by atoms with Crippen LogP contribution in [0.2, 0.25) is 0 Å². The van der Waals surface area contributed by atoms with E-state index in [9.17, 15) is 9.59 Å². The average molecular weight is 487 g/mol. The second kappa shape index (κ2) is 13.0. The van der Waals surface area contributed by atoms with Gasteiger partial charge in [0.2, 0.25) is 0 Å². The number of esters is 1. The van der Waals surface area contributed by atoms with Crippen LogP contribution in [0.4, 0.5) is 0 Å². The molecule has 0 bridgehead atoms. The third-order valence-corrected chi connectivity index (χ3v) is 6.40. The molecule has 0 aromatic heterocycles. The molecule has 1 atom stereocenters. The molecule has 0 heterocycles. The smallest absolute Gasteiger partial charge is 0.330 e. The Morgan fingerprint density at radius 1 is 0.861 bits per heavy atom. The fourth-order valence-electron chi connectivity index (χ4n) is 4.61. The highest BCUT2D eigenvalue weighted by molar-refractivity contribution is 5.96. The van der Waals surface area contributed by atoms with Crippen LogP contribution in [0.5, 0.6) is 5.75 Å². The molecule has 36 heavy (non-hydrogen) atoms. The van der Waals surface area contributed by atoms with Crippen molar-refractivity contribution >= 4 is 11.9 Å². The number of nitrogens with zero attached hydrogens (tertiary/aromatic N) is 1. The molecule has 0 aliphatic rings. The molecule has 1 amide bonds. The van der Waals surface area contributed by atoms with Gasteiger partial charge in [0.05, 0.1) is 0 Å². The van der Waals surface area contributed by atoms with Gasteiger partial charge in [0.25, 0.3) is 5.91 Å². The summed E-state index contributed by atoms with van der Waals surface area (Å²) in [5.74, 6) is -0.203. The van der Waals surface area contributed by atoms with Crippen molar-refractivity contribution in [2.24, 2.45) is 0 Å². The molecule has 3 rings (SSSR count). The van der Waals surface area contributed by atoms with Crippen LogP contribution in [0.15, 0.2) is 78.9 Å².